The van der Waals surface area contributed by atoms with Crippen molar-refractivity contribution >= 4 is 33.2 Å². The number of rotatable bonds is 10. The van der Waals surface area contributed by atoms with E-state index in [1.54, 1.807) is 10.4 Å². The van der Waals surface area contributed by atoms with Gasteiger partial charge in [0.1, 0.15) is 0 Å². The molecule has 0 amide bonds. The zero-order chi connectivity index (χ0) is 16.6. The van der Waals surface area contributed by atoms with Crippen LogP contribution < -0.4 is 0 Å². The quantitative estimate of drug-likeness (QED) is 0.560. The van der Waals surface area contributed by atoms with Crippen LogP contribution in [-0.4, -0.2) is 32.1 Å². The maximum absolute atomic E-state index is 11.8. The summed E-state index contributed by atoms with van der Waals surface area (Å²) < 4.78 is 25.2. The predicted octanol–water partition coefficient (Wildman–Crippen LogP) is 4.77. The van der Waals surface area contributed by atoms with Gasteiger partial charge in [-0.3, -0.25) is 0 Å². The molecule has 0 saturated heterocycles. The fourth-order valence-corrected chi connectivity index (χ4v) is 3.87. The molecule has 0 aliphatic heterocycles. The van der Waals surface area contributed by atoms with E-state index in [0.29, 0.717) is 23.1 Å². The van der Waals surface area contributed by atoms with Crippen LogP contribution in [0.2, 0.25) is 10.0 Å². The third-order valence-corrected chi connectivity index (χ3v) is 5.27. The average molecular weight is 366 g/mol. The van der Waals surface area contributed by atoms with Crippen LogP contribution in [0.5, 0.6) is 0 Å². The molecule has 0 aliphatic carbocycles. The molecule has 0 fully saturated rings. The van der Waals surface area contributed by atoms with Gasteiger partial charge in [0, 0.05) is 23.1 Å². The monoisotopic (exact) mass is 365 g/mol. The molecule has 0 unspecified atom stereocenters. The molecular weight excluding hydrogens is 341 g/mol. The summed E-state index contributed by atoms with van der Waals surface area (Å²) in [7, 11) is -3.14. The lowest BCUT2D eigenvalue weighted by atomic mass is 10.1. The van der Waals surface area contributed by atoms with Crippen LogP contribution in [0.1, 0.15) is 44.6 Å². The van der Waals surface area contributed by atoms with Crippen LogP contribution in [0.15, 0.2) is 18.2 Å². The van der Waals surface area contributed by atoms with Gasteiger partial charge < -0.3 is 0 Å². The Morgan fingerprint density at radius 2 is 1.55 bits per heavy atom. The number of halogens is 2. The lowest BCUT2D eigenvalue weighted by molar-refractivity contribution is 0.395. The van der Waals surface area contributed by atoms with E-state index in [2.05, 4.69) is 6.92 Å². The van der Waals surface area contributed by atoms with Crippen molar-refractivity contribution < 1.29 is 8.42 Å². The number of hydrogen-bond acceptors (Lipinski definition) is 2. The zero-order valence-electron chi connectivity index (χ0n) is 13.3. The minimum Gasteiger partial charge on any atom is -0.213 e. The SMILES string of the molecule is CCCCCCN(CCCc1cc(Cl)cc(Cl)c1)S(C)(=O)=O. The van der Waals surface area contributed by atoms with Gasteiger partial charge >= 0.3 is 0 Å². The second-order valence-corrected chi connectivity index (χ2v) is 8.46. The van der Waals surface area contributed by atoms with Gasteiger partial charge in [-0.25, -0.2) is 12.7 Å². The molecule has 0 spiro atoms. The average Bonchev–Trinajstić information content (AvgIpc) is 2.39. The molecule has 0 atom stereocenters. The molecule has 1 aromatic rings. The van der Waals surface area contributed by atoms with Crippen molar-refractivity contribution in [3.8, 4) is 0 Å². The fraction of sp³-hybridized carbons (Fsp3) is 0.625. The Bertz CT molecular complexity index is 541. The molecule has 126 valence electrons. The van der Waals surface area contributed by atoms with Gasteiger partial charge in [-0.1, -0.05) is 49.4 Å². The first kappa shape index (κ1) is 19.8. The Hall–Kier alpha value is -0.290. The molecule has 3 nitrogen and oxygen atoms in total. The largest absolute Gasteiger partial charge is 0.213 e. The summed E-state index contributed by atoms with van der Waals surface area (Å²) in [4.78, 5) is 0. The molecule has 0 aromatic heterocycles. The molecular formula is C16H25Cl2NO2S. The van der Waals surface area contributed by atoms with Gasteiger partial charge in [0.25, 0.3) is 0 Å². The lowest BCUT2D eigenvalue weighted by Gasteiger charge is -2.19. The van der Waals surface area contributed by atoms with E-state index in [0.717, 1.165) is 44.1 Å². The Morgan fingerprint density at radius 3 is 2.09 bits per heavy atom. The normalized spacial score (nSPS) is 12.0. The van der Waals surface area contributed by atoms with E-state index in [-0.39, 0.29) is 0 Å². The summed E-state index contributed by atoms with van der Waals surface area (Å²) in [5, 5.41) is 1.23. The number of nitrogens with zero attached hydrogens (tertiary/aromatic N) is 1. The molecule has 0 N–H and O–H groups in total. The van der Waals surface area contributed by atoms with Gasteiger partial charge in [0.05, 0.1) is 6.26 Å². The van der Waals surface area contributed by atoms with Crippen molar-refractivity contribution in [3.05, 3.63) is 33.8 Å². The first-order chi connectivity index (χ1) is 10.3. The Balaban J connectivity index is 2.49. The summed E-state index contributed by atoms with van der Waals surface area (Å²) in [6.45, 7) is 3.29. The first-order valence-electron chi connectivity index (χ1n) is 7.73. The van der Waals surface area contributed by atoms with Crippen LogP contribution >= 0.6 is 23.2 Å². The molecule has 0 aliphatic rings. The number of benzene rings is 1. The smallest absolute Gasteiger partial charge is 0.211 e. The minimum absolute atomic E-state index is 0.537. The Kier molecular flexibility index (Phi) is 8.77. The van der Waals surface area contributed by atoms with Gasteiger partial charge in [-0.15, -0.1) is 0 Å². The molecule has 0 bridgehead atoms. The molecule has 1 rings (SSSR count). The standard InChI is InChI=1S/C16H25Cl2NO2S/c1-3-4-5-6-9-19(22(2,20)21)10-7-8-14-11-15(17)13-16(18)12-14/h11-13H,3-10H2,1-2H3. The van der Waals surface area contributed by atoms with Gasteiger partial charge in [0.15, 0.2) is 0 Å². The van der Waals surface area contributed by atoms with E-state index in [1.807, 2.05) is 12.1 Å². The van der Waals surface area contributed by atoms with Crippen molar-refractivity contribution in [2.45, 2.75) is 45.4 Å². The van der Waals surface area contributed by atoms with Gasteiger partial charge in [-0.05, 0) is 43.0 Å². The maximum Gasteiger partial charge on any atom is 0.211 e. The van der Waals surface area contributed by atoms with E-state index in [9.17, 15) is 8.42 Å². The van der Waals surface area contributed by atoms with Crippen LogP contribution in [0.25, 0.3) is 0 Å². The van der Waals surface area contributed by atoms with Crippen LogP contribution in [-0.2, 0) is 16.4 Å². The number of aryl methyl sites for hydroxylation is 1. The molecule has 22 heavy (non-hydrogen) atoms. The Morgan fingerprint density at radius 1 is 0.955 bits per heavy atom. The van der Waals surface area contributed by atoms with Crippen molar-refractivity contribution in [2.24, 2.45) is 0 Å². The molecule has 0 radical (unpaired) electrons. The van der Waals surface area contributed by atoms with Gasteiger partial charge in [-0.2, -0.15) is 0 Å². The third kappa shape index (κ3) is 7.82. The first-order valence-corrected chi connectivity index (χ1v) is 10.3. The second kappa shape index (κ2) is 9.76. The highest BCUT2D eigenvalue weighted by atomic mass is 35.5. The van der Waals surface area contributed by atoms with E-state index < -0.39 is 10.0 Å². The molecule has 0 saturated carbocycles. The minimum atomic E-state index is -3.14. The predicted molar refractivity (Wildman–Crippen MR) is 95.3 cm³/mol. The molecule has 0 heterocycles. The van der Waals surface area contributed by atoms with Crippen LogP contribution in [0.4, 0.5) is 0 Å². The third-order valence-electron chi connectivity index (χ3n) is 3.53. The number of unbranched alkanes of at least 4 members (excludes halogenated alkanes) is 3. The fourth-order valence-electron chi connectivity index (χ4n) is 2.37. The highest BCUT2D eigenvalue weighted by Crippen LogP contribution is 2.20. The van der Waals surface area contributed by atoms with Gasteiger partial charge in [0.2, 0.25) is 10.0 Å². The van der Waals surface area contributed by atoms with Crippen molar-refractivity contribution in [2.75, 3.05) is 19.3 Å². The van der Waals surface area contributed by atoms with Crippen LogP contribution in [0.3, 0.4) is 0 Å². The Labute approximate surface area is 144 Å². The van der Waals surface area contributed by atoms with E-state index >= 15 is 0 Å². The topological polar surface area (TPSA) is 37.4 Å². The van der Waals surface area contributed by atoms with Crippen molar-refractivity contribution in [1.29, 1.82) is 0 Å². The molecule has 6 heteroatoms. The maximum atomic E-state index is 11.8. The summed E-state index contributed by atoms with van der Waals surface area (Å²) >= 11 is 11.9. The van der Waals surface area contributed by atoms with Crippen LogP contribution in [0, 0.1) is 0 Å². The number of hydrogen-bond donors (Lipinski definition) is 0. The highest BCUT2D eigenvalue weighted by Gasteiger charge is 2.15. The summed E-state index contributed by atoms with van der Waals surface area (Å²) in [6, 6.07) is 5.45. The second-order valence-electron chi connectivity index (χ2n) is 5.60. The zero-order valence-corrected chi connectivity index (χ0v) is 15.6. The summed E-state index contributed by atoms with van der Waals surface area (Å²) in [5.41, 5.74) is 1.04. The summed E-state index contributed by atoms with van der Waals surface area (Å²) in [6.07, 6.45) is 7.10. The summed E-state index contributed by atoms with van der Waals surface area (Å²) in [5.74, 6) is 0. The van der Waals surface area contributed by atoms with Crippen molar-refractivity contribution in [3.63, 3.8) is 0 Å². The van der Waals surface area contributed by atoms with E-state index in [4.69, 9.17) is 23.2 Å². The molecule has 1 aromatic carbocycles. The number of sulfonamides is 1. The lowest BCUT2D eigenvalue weighted by Crippen LogP contribution is -2.32. The van der Waals surface area contributed by atoms with Crippen molar-refractivity contribution in [1.82, 2.24) is 4.31 Å². The highest BCUT2D eigenvalue weighted by molar-refractivity contribution is 7.88. The van der Waals surface area contributed by atoms with E-state index in [1.165, 1.54) is 6.26 Å².